The maximum absolute atomic E-state index is 12.0. The van der Waals surface area contributed by atoms with Crippen LogP contribution in [0, 0.1) is 6.92 Å². The molecule has 0 aliphatic carbocycles. The van der Waals surface area contributed by atoms with Crippen LogP contribution in [0.1, 0.15) is 24.1 Å². The molecule has 0 spiro atoms. The Balaban J connectivity index is 2.11. The van der Waals surface area contributed by atoms with E-state index in [9.17, 15) is 4.79 Å². The molecule has 16 heavy (non-hydrogen) atoms. The molecule has 1 aliphatic heterocycles. The quantitative estimate of drug-likeness (QED) is 0.867. The predicted molar refractivity (Wildman–Crippen MR) is 62.7 cm³/mol. The number of Topliss-reactive ketones (excluding diaryl/α,β-unsaturated/α-hetero) is 1. The van der Waals surface area contributed by atoms with Crippen molar-refractivity contribution in [1.29, 1.82) is 0 Å². The zero-order valence-electron chi connectivity index (χ0n) is 9.59. The average molecular weight is 242 g/mol. The van der Waals surface area contributed by atoms with Gasteiger partial charge in [0.05, 0.1) is 11.7 Å². The number of hydrogen-bond donors (Lipinski definition) is 1. The van der Waals surface area contributed by atoms with Crippen molar-refractivity contribution in [2.75, 3.05) is 6.54 Å². The molecular formula is C11H16ClN3O. The molecule has 1 fully saturated rings. The molecular weight excluding hydrogens is 226 g/mol. The molecule has 1 aromatic rings. The Labute approximate surface area is 100.0 Å². The van der Waals surface area contributed by atoms with E-state index in [0.717, 1.165) is 30.6 Å². The zero-order valence-corrected chi connectivity index (χ0v) is 10.3. The van der Waals surface area contributed by atoms with Gasteiger partial charge in [-0.2, -0.15) is 5.10 Å². The molecule has 1 atom stereocenters. The van der Waals surface area contributed by atoms with E-state index in [2.05, 4.69) is 10.4 Å². The second-order valence-corrected chi connectivity index (χ2v) is 4.63. The molecule has 4 nitrogen and oxygen atoms in total. The Morgan fingerprint density at radius 3 is 2.94 bits per heavy atom. The minimum atomic E-state index is 0.00988. The van der Waals surface area contributed by atoms with Crippen LogP contribution in [0.4, 0.5) is 0 Å². The lowest BCUT2D eigenvalue weighted by molar-refractivity contribution is -0.120. The van der Waals surface area contributed by atoms with Crippen LogP contribution >= 0.6 is 11.6 Å². The molecule has 88 valence electrons. The van der Waals surface area contributed by atoms with Gasteiger partial charge in [0.15, 0.2) is 5.78 Å². The standard InChI is InChI=1S/C11H16ClN3O/c1-7-8(11(12)15(2)14-7)6-10(16)9-4-3-5-13-9/h9,13H,3-6H2,1-2H3. The van der Waals surface area contributed by atoms with E-state index in [-0.39, 0.29) is 11.8 Å². The fourth-order valence-electron chi connectivity index (χ4n) is 2.13. The molecule has 2 rings (SSSR count). The number of rotatable bonds is 3. The fraction of sp³-hybridized carbons (Fsp3) is 0.636. The lowest BCUT2D eigenvalue weighted by Crippen LogP contribution is -2.32. The molecule has 0 radical (unpaired) electrons. The number of aromatic nitrogens is 2. The molecule has 1 N–H and O–H groups in total. The van der Waals surface area contributed by atoms with E-state index in [1.807, 2.05) is 6.92 Å². The Morgan fingerprint density at radius 2 is 2.44 bits per heavy atom. The normalized spacial score (nSPS) is 20.3. The zero-order chi connectivity index (χ0) is 11.7. The van der Waals surface area contributed by atoms with Crippen molar-refractivity contribution in [2.24, 2.45) is 7.05 Å². The lowest BCUT2D eigenvalue weighted by atomic mass is 10.0. The van der Waals surface area contributed by atoms with Crippen molar-refractivity contribution in [3.05, 3.63) is 16.4 Å². The monoisotopic (exact) mass is 241 g/mol. The van der Waals surface area contributed by atoms with Crippen LogP contribution < -0.4 is 5.32 Å². The molecule has 1 unspecified atom stereocenters. The van der Waals surface area contributed by atoms with Gasteiger partial charge >= 0.3 is 0 Å². The van der Waals surface area contributed by atoms with Gasteiger partial charge < -0.3 is 5.32 Å². The first kappa shape index (κ1) is 11.6. The highest BCUT2D eigenvalue weighted by Gasteiger charge is 2.24. The van der Waals surface area contributed by atoms with Gasteiger partial charge in [-0.1, -0.05) is 11.6 Å². The molecule has 0 bridgehead atoms. The van der Waals surface area contributed by atoms with Gasteiger partial charge in [-0.15, -0.1) is 0 Å². The Hall–Kier alpha value is -0.870. The van der Waals surface area contributed by atoms with Gasteiger partial charge in [0, 0.05) is 19.0 Å². The number of hydrogen-bond acceptors (Lipinski definition) is 3. The molecule has 2 heterocycles. The van der Waals surface area contributed by atoms with E-state index in [1.165, 1.54) is 0 Å². The Bertz CT molecular complexity index is 408. The van der Waals surface area contributed by atoms with Crippen molar-refractivity contribution < 1.29 is 4.79 Å². The van der Waals surface area contributed by atoms with E-state index >= 15 is 0 Å². The third-order valence-corrected chi connectivity index (χ3v) is 3.54. The van der Waals surface area contributed by atoms with Gasteiger partial charge in [-0.25, -0.2) is 0 Å². The van der Waals surface area contributed by atoms with Crippen molar-refractivity contribution in [1.82, 2.24) is 15.1 Å². The second kappa shape index (κ2) is 4.55. The number of carbonyl (C=O) groups excluding carboxylic acids is 1. The maximum Gasteiger partial charge on any atom is 0.154 e. The summed E-state index contributed by atoms with van der Waals surface area (Å²) in [5, 5.41) is 7.98. The van der Waals surface area contributed by atoms with Gasteiger partial charge in [0.25, 0.3) is 0 Å². The third-order valence-electron chi connectivity index (χ3n) is 3.07. The summed E-state index contributed by atoms with van der Waals surface area (Å²) >= 11 is 6.09. The van der Waals surface area contributed by atoms with E-state index < -0.39 is 0 Å². The molecule has 0 aromatic carbocycles. The van der Waals surface area contributed by atoms with E-state index in [0.29, 0.717) is 11.6 Å². The van der Waals surface area contributed by atoms with Crippen molar-refractivity contribution in [3.8, 4) is 0 Å². The topological polar surface area (TPSA) is 46.9 Å². The molecule has 1 aliphatic rings. The number of nitrogens with one attached hydrogen (secondary N) is 1. The maximum atomic E-state index is 12.0. The molecule has 1 aromatic heterocycles. The molecule has 1 saturated heterocycles. The van der Waals surface area contributed by atoms with Crippen LogP contribution in [0.5, 0.6) is 0 Å². The van der Waals surface area contributed by atoms with E-state index in [1.54, 1.807) is 11.7 Å². The first-order valence-electron chi connectivity index (χ1n) is 5.53. The highest BCUT2D eigenvalue weighted by Crippen LogP contribution is 2.20. The summed E-state index contributed by atoms with van der Waals surface area (Å²) in [6.45, 7) is 2.83. The summed E-state index contributed by atoms with van der Waals surface area (Å²) in [6, 6.07) is 0.00988. The summed E-state index contributed by atoms with van der Waals surface area (Å²) in [7, 11) is 1.79. The first-order valence-corrected chi connectivity index (χ1v) is 5.91. The van der Waals surface area contributed by atoms with Crippen molar-refractivity contribution >= 4 is 17.4 Å². The summed E-state index contributed by atoms with van der Waals surface area (Å²) < 4.78 is 1.61. The van der Waals surface area contributed by atoms with Gasteiger partial charge in [0.2, 0.25) is 0 Å². The highest BCUT2D eigenvalue weighted by atomic mass is 35.5. The molecule has 5 heteroatoms. The molecule has 0 saturated carbocycles. The number of ketones is 1. The minimum Gasteiger partial charge on any atom is -0.307 e. The van der Waals surface area contributed by atoms with Crippen LogP contribution in [0.15, 0.2) is 0 Å². The predicted octanol–water partition coefficient (Wildman–Crippen LogP) is 1.25. The minimum absolute atomic E-state index is 0.00988. The van der Waals surface area contributed by atoms with Crippen molar-refractivity contribution in [2.45, 2.75) is 32.2 Å². The summed E-state index contributed by atoms with van der Waals surface area (Å²) in [4.78, 5) is 12.0. The van der Waals surface area contributed by atoms with Crippen LogP contribution in [0.25, 0.3) is 0 Å². The summed E-state index contributed by atoms with van der Waals surface area (Å²) in [6.07, 6.45) is 2.40. The first-order chi connectivity index (χ1) is 7.59. The van der Waals surface area contributed by atoms with Gasteiger partial charge in [-0.05, 0) is 26.3 Å². The largest absolute Gasteiger partial charge is 0.307 e. The molecule has 0 amide bonds. The van der Waals surface area contributed by atoms with Gasteiger partial charge in [0.1, 0.15) is 5.15 Å². The Kier molecular flexibility index (Phi) is 3.30. The number of nitrogens with zero attached hydrogens (tertiary/aromatic N) is 2. The average Bonchev–Trinajstić information content (AvgIpc) is 2.83. The number of carbonyl (C=O) groups is 1. The van der Waals surface area contributed by atoms with Gasteiger partial charge in [-0.3, -0.25) is 9.48 Å². The highest BCUT2D eigenvalue weighted by molar-refractivity contribution is 6.30. The van der Waals surface area contributed by atoms with Crippen LogP contribution in [-0.2, 0) is 18.3 Å². The second-order valence-electron chi connectivity index (χ2n) is 4.27. The number of halogens is 1. The third kappa shape index (κ3) is 2.13. The lowest BCUT2D eigenvalue weighted by Gasteiger charge is -2.08. The smallest absolute Gasteiger partial charge is 0.154 e. The van der Waals surface area contributed by atoms with Crippen molar-refractivity contribution in [3.63, 3.8) is 0 Å². The summed E-state index contributed by atoms with van der Waals surface area (Å²) in [5.41, 5.74) is 1.71. The summed E-state index contributed by atoms with van der Waals surface area (Å²) in [5.74, 6) is 0.218. The van der Waals surface area contributed by atoms with Crippen LogP contribution in [0.2, 0.25) is 5.15 Å². The fourth-order valence-corrected chi connectivity index (χ4v) is 2.37. The number of aryl methyl sites for hydroxylation is 2. The Morgan fingerprint density at radius 1 is 1.69 bits per heavy atom. The van der Waals surface area contributed by atoms with Crippen LogP contribution in [-0.4, -0.2) is 28.2 Å². The van der Waals surface area contributed by atoms with Crippen LogP contribution in [0.3, 0.4) is 0 Å². The van der Waals surface area contributed by atoms with E-state index in [4.69, 9.17) is 11.6 Å². The SMILES string of the molecule is Cc1nn(C)c(Cl)c1CC(=O)C1CCCN1.